The summed E-state index contributed by atoms with van der Waals surface area (Å²) < 4.78 is 5.72. The zero-order valence-corrected chi connectivity index (χ0v) is 12.6. The molecule has 1 aromatic carbocycles. The Hall–Kier alpha value is -0.280. The van der Waals surface area contributed by atoms with Crippen LogP contribution in [0, 0.1) is 0 Å². The van der Waals surface area contributed by atoms with E-state index in [9.17, 15) is 0 Å². The van der Waals surface area contributed by atoms with Gasteiger partial charge in [0.1, 0.15) is 0 Å². The summed E-state index contributed by atoms with van der Waals surface area (Å²) in [5.41, 5.74) is 7.32. The van der Waals surface area contributed by atoms with Crippen molar-refractivity contribution in [1.29, 1.82) is 0 Å². The molecule has 2 unspecified atom stereocenters. The maximum atomic E-state index is 6.18. The van der Waals surface area contributed by atoms with E-state index < -0.39 is 0 Å². The Bertz CT molecular complexity index is 405. The first kappa shape index (κ1) is 15.1. The highest BCUT2D eigenvalue weighted by Crippen LogP contribution is 2.24. The van der Waals surface area contributed by atoms with Crippen molar-refractivity contribution in [2.24, 2.45) is 5.73 Å². The highest BCUT2D eigenvalue weighted by molar-refractivity contribution is 6.42. The van der Waals surface area contributed by atoms with Crippen LogP contribution in [0.3, 0.4) is 0 Å². The summed E-state index contributed by atoms with van der Waals surface area (Å²) in [7, 11) is 0. The van der Waals surface area contributed by atoms with E-state index in [0.717, 1.165) is 31.4 Å². The normalized spacial score (nSPS) is 21.3. The number of halogens is 2. The van der Waals surface area contributed by atoms with Gasteiger partial charge in [0.05, 0.1) is 16.1 Å². The molecule has 4 heteroatoms. The summed E-state index contributed by atoms with van der Waals surface area (Å²) in [6.07, 6.45) is 6.96. The van der Waals surface area contributed by atoms with Gasteiger partial charge in [0, 0.05) is 12.6 Å². The summed E-state index contributed by atoms with van der Waals surface area (Å²) in [5.74, 6) is 0. The zero-order valence-electron chi connectivity index (χ0n) is 11.1. The van der Waals surface area contributed by atoms with Crippen molar-refractivity contribution in [2.75, 3.05) is 6.61 Å². The first-order valence-electron chi connectivity index (χ1n) is 6.96. The first-order valence-corrected chi connectivity index (χ1v) is 7.72. The molecule has 1 aliphatic heterocycles. The molecule has 1 heterocycles. The highest BCUT2D eigenvalue weighted by atomic mass is 35.5. The lowest BCUT2D eigenvalue weighted by Gasteiger charge is -2.23. The van der Waals surface area contributed by atoms with Gasteiger partial charge in [-0.05, 0) is 56.2 Å². The van der Waals surface area contributed by atoms with Crippen LogP contribution in [0.1, 0.15) is 37.7 Å². The summed E-state index contributed by atoms with van der Waals surface area (Å²) >= 11 is 11.9. The molecule has 1 aliphatic rings. The van der Waals surface area contributed by atoms with Crippen molar-refractivity contribution < 1.29 is 4.74 Å². The lowest BCUT2D eigenvalue weighted by Crippen LogP contribution is -2.27. The monoisotopic (exact) mass is 301 g/mol. The average Bonchev–Trinajstić information content (AvgIpc) is 2.42. The largest absolute Gasteiger partial charge is 0.378 e. The lowest BCUT2D eigenvalue weighted by molar-refractivity contribution is 0.00915. The fourth-order valence-electron chi connectivity index (χ4n) is 2.51. The summed E-state index contributed by atoms with van der Waals surface area (Å²) in [6.45, 7) is 0.909. The molecule has 1 aromatic rings. The van der Waals surface area contributed by atoms with E-state index in [0.29, 0.717) is 16.1 Å². The summed E-state index contributed by atoms with van der Waals surface area (Å²) in [4.78, 5) is 0. The van der Waals surface area contributed by atoms with Crippen LogP contribution in [-0.4, -0.2) is 18.8 Å². The molecule has 0 amide bonds. The zero-order chi connectivity index (χ0) is 13.7. The minimum Gasteiger partial charge on any atom is -0.378 e. The van der Waals surface area contributed by atoms with E-state index in [1.54, 1.807) is 0 Å². The molecule has 1 fully saturated rings. The van der Waals surface area contributed by atoms with E-state index in [1.165, 1.54) is 19.3 Å². The van der Waals surface area contributed by atoms with Crippen LogP contribution in [-0.2, 0) is 11.2 Å². The fourth-order valence-corrected chi connectivity index (χ4v) is 2.83. The molecule has 0 aromatic heterocycles. The van der Waals surface area contributed by atoms with Crippen molar-refractivity contribution >= 4 is 23.2 Å². The molecule has 2 nitrogen and oxygen atoms in total. The van der Waals surface area contributed by atoms with Crippen molar-refractivity contribution in [2.45, 2.75) is 50.7 Å². The van der Waals surface area contributed by atoms with Gasteiger partial charge >= 0.3 is 0 Å². The minimum absolute atomic E-state index is 0.155. The molecule has 19 heavy (non-hydrogen) atoms. The maximum Gasteiger partial charge on any atom is 0.0595 e. The Balaban J connectivity index is 1.76. The predicted molar refractivity (Wildman–Crippen MR) is 81.0 cm³/mol. The number of hydrogen-bond acceptors (Lipinski definition) is 2. The standard InChI is InChI=1S/C15H21Cl2NO/c16-14-7-4-11(10-15(14)17)9-12(18)5-6-13-3-1-2-8-19-13/h4,7,10,12-13H,1-3,5-6,8-9,18H2. The Morgan fingerprint density at radius 3 is 2.79 bits per heavy atom. The first-order chi connectivity index (χ1) is 9.15. The number of nitrogens with two attached hydrogens (primary N) is 1. The van der Waals surface area contributed by atoms with Gasteiger partial charge in [-0.3, -0.25) is 0 Å². The van der Waals surface area contributed by atoms with Gasteiger partial charge in [-0.2, -0.15) is 0 Å². The second-order valence-electron chi connectivity index (χ2n) is 5.28. The third kappa shape index (κ3) is 4.96. The Morgan fingerprint density at radius 2 is 2.11 bits per heavy atom. The fraction of sp³-hybridized carbons (Fsp3) is 0.600. The van der Waals surface area contributed by atoms with E-state index in [1.807, 2.05) is 18.2 Å². The smallest absolute Gasteiger partial charge is 0.0595 e. The second-order valence-corrected chi connectivity index (χ2v) is 6.09. The quantitative estimate of drug-likeness (QED) is 0.884. The van der Waals surface area contributed by atoms with Crippen molar-refractivity contribution in [1.82, 2.24) is 0 Å². The van der Waals surface area contributed by atoms with Gasteiger partial charge in [0.2, 0.25) is 0 Å². The topological polar surface area (TPSA) is 35.2 Å². The van der Waals surface area contributed by atoms with Gasteiger partial charge in [-0.25, -0.2) is 0 Å². The molecule has 1 saturated heterocycles. The van der Waals surface area contributed by atoms with Gasteiger partial charge < -0.3 is 10.5 Å². The van der Waals surface area contributed by atoms with Crippen LogP contribution in [0.2, 0.25) is 10.0 Å². The third-order valence-corrected chi connectivity index (χ3v) is 4.35. The highest BCUT2D eigenvalue weighted by Gasteiger charge is 2.15. The van der Waals surface area contributed by atoms with Gasteiger partial charge in [-0.1, -0.05) is 29.3 Å². The summed E-state index contributed by atoms with van der Waals surface area (Å²) in [6, 6.07) is 5.88. The van der Waals surface area contributed by atoms with Crippen molar-refractivity contribution in [3.8, 4) is 0 Å². The van der Waals surface area contributed by atoms with Gasteiger partial charge in [-0.15, -0.1) is 0 Å². The average molecular weight is 302 g/mol. The molecule has 2 N–H and O–H groups in total. The van der Waals surface area contributed by atoms with Crippen LogP contribution in [0.15, 0.2) is 18.2 Å². The van der Waals surface area contributed by atoms with Crippen LogP contribution in [0.4, 0.5) is 0 Å². The number of hydrogen-bond donors (Lipinski definition) is 1. The Kier molecular flexibility index (Phi) is 5.96. The molecular formula is C15H21Cl2NO. The SMILES string of the molecule is NC(CCC1CCCCO1)Cc1ccc(Cl)c(Cl)c1. The second kappa shape index (κ2) is 7.49. The van der Waals surface area contributed by atoms with E-state index in [4.69, 9.17) is 33.7 Å². The third-order valence-electron chi connectivity index (χ3n) is 3.62. The molecule has 106 valence electrons. The van der Waals surface area contributed by atoms with Crippen LogP contribution in [0.25, 0.3) is 0 Å². The lowest BCUT2D eigenvalue weighted by atomic mass is 9.98. The molecule has 0 radical (unpaired) electrons. The van der Waals surface area contributed by atoms with Gasteiger partial charge in [0.15, 0.2) is 0 Å². The van der Waals surface area contributed by atoms with Crippen LogP contribution < -0.4 is 5.73 Å². The maximum absolute atomic E-state index is 6.18. The molecule has 0 spiro atoms. The molecule has 0 aliphatic carbocycles. The van der Waals surface area contributed by atoms with Crippen molar-refractivity contribution in [3.05, 3.63) is 33.8 Å². The number of rotatable bonds is 5. The van der Waals surface area contributed by atoms with E-state index in [2.05, 4.69) is 0 Å². The molecular weight excluding hydrogens is 281 g/mol. The summed E-state index contributed by atoms with van der Waals surface area (Å²) in [5, 5.41) is 1.19. The van der Waals surface area contributed by atoms with E-state index >= 15 is 0 Å². The molecule has 0 saturated carbocycles. The van der Waals surface area contributed by atoms with Crippen molar-refractivity contribution in [3.63, 3.8) is 0 Å². The number of benzene rings is 1. The molecule has 2 atom stereocenters. The minimum atomic E-state index is 0.155. The Morgan fingerprint density at radius 1 is 1.26 bits per heavy atom. The van der Waals surface area contributed by atoms with Crippen LogP contribution >= 0.6 is 23.2 Å². The van der Waals surface area contributed by atoms with Crippen LogP contribution in [0.5, 0.6) is 0 Å². The van der Waals surface area contributed by atoms with E-state index in [-0.39, 0.29) is 6.04 Å². The molecule has 0 bridgehead atoms. The number of ether oxygens (including phenoxy) is 1. The molecule has 2 rings (SSSR count). The predicted octanol–water partition coefficient (Wildman–Crippen LogP) is 4.21. The van der Waals surface area contributed by atoms with Gasteiger partial charge in [0.25, 0.3) is 0 Å². The Labute approximate surface area is 125 Å².